The van der Waals surface area contributed by atoms with Crippen LogP contribution in [0.4, 0.5) is 16.2 Å². The van der Waals surface area contributed by atoms with Crippen molar-refractivity contribution in [2.24, 2.45) is 0 Å². The number of imidazole rings is 1. The van der Waals surface area contributed by atoms with E-state index >= 15 is 0 Å². The second-order valence-electron chi connectivity index (χ2n) is 10.2. The number of aromatic nitrogens is 4. The quantitative estimate of drug-likeness (QED) is 0.410. The molecule has 1 saturated heterocycles. The fraction of sp³-hybridized carbons (Fsp3) is 0.385. The zero-order chi connectivity index (χ0) is 25.2. The van der Waals surface area contributed by atoms with Crippen LogP contribution < -0.4 is 10.2 Å². The highest BCUT2D eigenvalue weighted by atomic mass is 16.2. The molecule has 4 aromatic rings. The molecule has 2 aliphatic heterocycles. The van der Waals surface area contributed by atoms with Gasteiger partial charge in [-0.05, 0) is 63.7 Å². The summed E-state index contributed by atoms with van der Waals surface area (Å²) in [4.78, 5) is 39.8. The maximum absolute atomic E-state index is 12.9. The monoisotopic (exact) mass is 486 g/mol. The van der Waals surface area contributed by atoms with Gasteiger partial charge in [0.25, 0.3) is 0 Å². The van der Waals surface area contributed by atoms with Crippen molar-refractivity contribution in [3.63, 3.8) is 0 Å². The topological polar surface area (TPSA) is 113 Å². The van der Waals surface area contributed by atoms with E-state index in [9.17, 15) is 9.59 Å². The molecule has 0 unspecified atom stereocenters. The number of nitrogens with one attached hydrogen (secondary N) is 3. The number of fused-ring (bicyclic) bond motifs is 3. The lowest BCUT2D eigenvalue weighted by Crippen LogP contribution is -2.48. The SMILES string of the molecule is CCN1C(=O)C(C)(C)c2cc3[nH]c(-c4n[nH]c5ccc(NC(=O)N6CCN(C)CC6)cc45)nc3cc21. The number of amides is 3. The predicted molar refractivity (Wildman–Crippen MR) is 140 cm³/mol. The molecule has 3 amide bonds. The van der Waals surface area contributed by atoms with E-state index in [1.54, 1.807) is 0 Å². The maximum atomic E-state index is 12.9. The Morgan fingerprint density at radius 2 is 1.89 bits per heavy atom. The molecule has 0 spiro atoms. The second kappa shape index (κ2) is 8.06. The van der Waals surface area contributed by atoms with E-state index in [-0.39, 0.29) is 11.9 Å². The summed E-state index contributed by atoms with van der Waals surface area (Å²) in [6.45, 7) is 9.69. The van der Waals surface area contributed by atoms with E-state index in [1.807, 2.05) is 60.9 Å². The van der Waals surface area contributed by atoms with Gasteiger partial charge in [0, 0.05) is 43.8 Å². The van der Waals surface area contributed by atoms with Crippen molar-refractivity contribution in [1.29, 1.82) is 0 Å². The molecule has 0 bridgehead atoms. The zero-order valence-electron chi connectivity index (χ0n) is 21.0. The summed E-state index contributed by atoms with van der Waals surface area (Å²) in [6, 6.07) is 9.64. The summed E-state index contributed by atoms with van der Waals surface area (Å²) in [7, 11) is 2.07. The van der Waals surface area contributed by atoms with E-state index in [0.29, 0.717) is 36.8 Å². The van der Waals surface area contributed by atoms with Gasteiger partial charge in [0.1, 0.15) is 5.69 Å². The van der Waals surface area contributed by atoms with E-state index in [2.05, 4.69) is 32.4 Å². The molecule has 10 nitrogen and oxygen atoms in total. The number of benzene rings is 2. The fourth-order valence-electron chi connectivity index (χ4n) is 5.24. The first-order valence-corrected chi connectivity index (χ1v) is 12.4. The third-order valence-corrected chi connectivity index (χ3v) is 7.49. The Balaban J connectivity index is 1.34. The Morgan fingerprint density at radius 3 is 2.64 bits per heavy atom. The summed E-state index contributed by atoms with van der Waals surface area (Å²) in [5.74, 6) is 0.743. The number of carbonyl (C=O) groups is 2. The van der Waals surface area contributed by atoms with Gasteiger partial charge in [-0.1, -0.05) is 0 Å². The van der Waals surface area contributed by atoms with Crippen LogP contribution in [0.1, 0.15) is 26.3 Å². The van der Waals surface area contributed by atoms with E-state index in [1.165, 1.54) is 0 Å². The van der Waals surface area contributed by atoms with Crippen molar-refractivity contribution in [3.8, 4) is 11.5 Å². The highest BCUT2D eigenvalue weighted by Crippen LogP contribution is 2.43. The van der Waals surface area contributed by atoms with Crippen LogP contribution in [0.3, 0.4) is 0 Å². The zero-order valence-corrected chi connectivity index (χ0v) is 21.0. The lowest BCUT2D eigenvalue weighted by atomic mass is 9.86. The Bertz CT molecular complexity index is 1510. The number of aromatic amines is 2. The summed E-state index contributed by atoms with van der Waals surface area (Å²) >= 11 is 0. The molecule has 186 valence electrons. The van der Waals surface area contributed by atoms with E-state index in [0.717, 1.165) is 46.3 Å². The van der Waals surface area contributed by atoms with E-state index in [4.69, 9.17) is 4.98 Å². The molecular formula is C26H30N8O2. The summed E-state index contributed by atoms with van der Waals surface area (Å²) < 4.78 is 0. The molecule has 36 heavy (non-hydrogen) atoms. The van der Waals surface area contributed by atoms with Crippen LogP contribution in [0.5, 0.6) is 0 Å². The largest absolute Gasteiger partial charge is 0.337 e. The molecule has 0 radical (unpaired) electrons. The Kier molecular flexibility index (Phi) is 5.04. The Labute approximate surface area is 208 Å². The number of rotatable bonds is 3. The van der Waals surface area contributed by atoms with Crippen LogP contribution in [0.15, 0.2) is 30.3 Å². The fourth-order valence-corrected chi connectivity index (χ4v) is 5.24. The normalized spacial score (nSPS) is 17.8. The van der Waals surface area contributed by atoms with Crippen molar-refractivity contribution in [1.82, 2.24) is 30.0 Å². The van der Waals surface area contributed by atoms with Gasteiger partial charge in [-0.2, -0.15) is 5.10 Å². The maximum Gasteiger partial charge on any atom is 0.321 e. The van der Waals surface area contributed by atoms with Crippen LogP contribution >= 0.6 is 0 Å². The summed E-state index contributed by atoms with van der Waals surface area (Å²) in [5.41, 5.74) is 5.22. The third-order valence-electron chi connectivity index (χ3n) is 7.49. The minimum atomic E-state index is -0.583. The number of likely N-dealkylation sites (N-methyl/N-ethyl adjacent to an activating group) is 2. The highest BCUT2D eigenvalue weighted by molar-refractivity contribution is 6.09. The second-order valence-corrected chi connectivity index (χ2v) is 10.2. The van der Waals surface area contributed by atoms with Crippen molar-refractivity contribution in [2.75, 3.05) is 50.0 Å². The first-order chi connectivity index (χ1) is 17.3. The molecule has 2 aliphatic rings. The first kappa shape index (κ1) is 22.5. The van der Waals surface area contributed by atoms with Crippen molar-refractivity contribution >= 4 is 45.2 Å². The molecular weight excluding hydrogens is 456 g/mol. The standard InChI is InChI=1S/C26H30N8O2/c1-5-34-21-14-20-19(13-17(21)26(2,3)24(34)35)28-23(29-20)22-16-12-15(6-7-18(16)30-31-22)27-25(36)33-10-8-32(4)9-11-33/h6-7,12-14H,5,8-11H2,1-4H3,(H,27,36)(H,28,29)(H,30,31). The average molecular weight is 487 g/mol. The summed E-state index contributed by atoms with van der Waals surface area (Å²) in [5, 5.41) is 11.5. The van der Waals surface area contributed by atoms with Crippen molar-refractivity contribution in [3.05, 3.63) is 35.9 Å². The molecule has 2 aromatic carbocycles. The van der Waals surface area contributed by atoms with Crippen LogP contribution in [0.2, 0.25) is 0 Å². The van der Waals surface area contributed by atoms with Gasteiger partial charge >= 0.3 is 6.03 Å². The van der Waals surface area contributed by atoms with Crippen LogP contribution in [0.25, 0.3) is 33.5 Å². The molecule has 4 heterocycles. The number of hydrogen-bond acceptors (Lipinski definition) is 5. The molecule has 0 atom stereocenters. The number of carbonyl (C=O) groups excluding carboxylic acids is 2. The van der Waals surface area contributed by atoms with Gasteiger partial charge < -0.3 is 25.0 Å². The third kappa shape index (κ3) is 3.43. The van der Waals surface area contributed by atoms with Crippen molar-refractivity contribution in [2.45, 2.75) is 26.2 Å². The van der Waals surface area contributed by atoms with Gasteiger partial charge in [-0.25, -0.2) is 9.78 Å². The number of piperazine rings is 1. The number of hydrogen-bond donors (Lipinski definition) is 3. The molecule has 0 aliphatic carbocycles. The number of nitrogens with zero attached hydrogens (tertiary/aromatic N) is 5. The Morgan fingerprint density at radius 1 is 1.11 bits per heavy atom. The van der Waals surface area contributed by atoms with Crippen LogP contribution in [0, 0.1) is 0 Å². The Hall–Kier alpha value is -3.92. The number of H-pyrrole nitrogens is 2. The molecule has 10 heteroatoms. The molecule has 6 rings (SSSR count). The first-order valence-electron chi connectivity index (χ1n) is 12.4. The lowest BCUT2D eigenvalue weighted by Gasteiger charge is -2.32. The van der Waals surface area contributed by atoms with Gasteiger partial charge in [-0.15, -0.1) is 0 Å². The minimum absolute atomic E-state index is 0.0941. The predicted octanol–water partition coefficient (Wildman–Crippen LogP) is 3.53. The number of urea groups is 1. The minimum Gasteiger partial charge on any atom is -0.337 e. The van der Waals surface area contributed by atoms with E-state index < -0.39 is 5.41 Å². The van der Waals surface area contributed by atoms with Gasteiger partial charge in [0.2, 0.25) is 5.91 Å². The molecule has 3 N–H and O–H groups in total. The van der Waals surface area contributed by atoms with Crippen LogP contribution in [-0.2, 0) is 10.2 Å². The average Bonchev–Trinajstić information content (AvgIpc) is 3.51. The number of anilines is 2. The van der Waals surface area contributed by atoms with Gasteiger partial charge in [0.15, 0.2) is 5.82 Å². The molecule has 2 aromatic heterocycles. The van der Waals surface area contributed by atoms with Gasteiger partial charge in [-0.3, -0.25) is 9.89 Å². The van der Waals surface area contributed by atoms with Crippen LogP contribution in [-0.4, -0.2) is 81.7 Å². The summed E-state index contributed by atoms with van der Waals surface area (Å²) in [6.07, 6.45) is 0. The molecule has 0 saturated carbocycles. The smallest absolute Gasteiger partial charge is 0.321 e. The van der Waals surface area contributed by atoms with Gasteiger partial charge in [0.05, 0.1) is 27.7 Å². The lowest BCUT2D eigenvalue weighted by molar-refractivity contribution is -0.122. The highest BCUT2D eigenvalue weighted by Gasteiger charge is 2.43. The van der Waals surface area contributed by atoms with Crippen molar-refractivity contribution < 1.29 is 9.59 Å². The molecule has 1 fully saturated rings.